The summed E-state index contributed by atoms with van der Waals surface area (Å²) in [6.45, 7) is 8.80. The molecule has 0 spiro atoms. The summed E-state index contributed by atoms with van der Waals surface area (Å²) in [5.41, 5.74) is 1.86. The summed E-state index contributed by atoms with van der Waals surface area (Å²) in [7, 11) is 0. The van der Waals surface area contributed by atoms with Crippen LogP contribution in [0.2, 0.25) is 0 Å². The van der Waals surface area contributed by atoms with Gasteiger partial charge in [0.2, 0.25) is 0 Å². The second kappa shape index (κ2) is 6.97. The van der Waals surface area contributed by atoms with E-state index in [0.717, 1.165) is 43.8 Å². The first-order chi connectivity index (χ1) is 11.4. The van der Waals surface area contributed by atoms with Crippen molar-refractivity contribution in [3.8, 4) is 5.75 Å². The van der Waals surface area contributed by atoms with Gasteiger partial charge in [-0.1, -0.05) is 0 Å². The number of hydrogen-bond donors (Lipinski definition) is 1. The maximum absolute atomic E-state index is 12.1. The van der Waals surface area contributed by atoms with Gasteiger partial charge in [0.25, 0.3) is 0 Å². The molecule has 0 radical (unpaired) electrons. The number of likely N-dealkylation sites (tertiary alicyclic amines) is 1. The van der Waals surface area contributed by atoms with E-state index in [-0.39, 0.29) is 12.2 Å². The average molecular weight is 333 g/mol. The molecule has 1 N–H and O–H groups in total. The Hall–Kier alpha value is -1.82. The Kier molecular flexibility index (Phi) is 4.94. The fourth-order valence-corrected chi connectivity index (χ4v) is 3.11. The number of piperidine rings is 1. The highest BCUT2D eigenvalue weighted by molar-refractivity contribution is 5.68. The van der Waals surface area contributed by atoms with Crippen LogP contribution in [0.4, 0.5) is 4.79 Å². The smallest absolute Gasteiger partial charge is 0.410 e. The van der Waals surface area contributed by atoms with E-state index in [1.807, 2.05) is 33.0 Å². The van der Waals surface area contributed by atoms with Gasteiger partial charge in [0.15, 0.2) is 0 Å². The molecule has 0 aromatic carbocycles. The molecule has 1 aromatic heterocycles. The Morgan fingerprint density at radius 1 is 1.33 bits per heavy atom. The first-order valence-electron chi connectivity index (χ1n) is 8.74. The summed E-state index contributed by atoms with van der Waals surface area (Å²) in [6, 6.07) is 1.95. The van der Waals surface area contributed by atoms with Gasteiger partial charge < -0.3 is 19.7 Å². The molecule has 1 fully saturated rings. The summed E-state index contributed by atoms with van der Waals surface area (Å²) in [5.74, 6) is 0.933. The van der Waals surface area contributed by atoms with E-state index in [4.69, 9.17) is 9.47 Å². The molecule has 1 amide bonds. The summed E-state index contributed by atoms with van der Waals surface area (Å²) in [4.78, 5) is 18.3. The molecule has 6 nitrogen and oxygen atoms in total. The van der Waals surface area contributed by atoms with Crippen molar-refractivity contribution in [2.75, 3.05) is 19.6 Å². The van der Waals surface area contributed by atoms with Gasteiger partial charge in [0.1, 0.15) is 17.5 Å². The molecule has 132 valence electrons. The second-order valence-electron chi connectivity index (χ2n) is 7.45. The average Bonchev–Trinajstić information content (AvgIpc) is 2.54. The van der Waals surface area contributed by atoms with Crippen LogP contribution in [0.5, 0.6) is 5.75 Å². The summed E-state index contributed by atoms with van der Waals surface area (Å²) < 4.78 is 11.7. The molecule has 24 heavy (non-hydrogen) atoms. The molecule has 3 heterocycles. The lowest BCUT2D eigenvalue weighted by molar-refractivity contribution is 0.0125. The van der Waals surface area contributed by atoms with E-state index < -0.39 is 5.60 Å². The number of pyridine rings is 1. The third-order valence-electron chi connectivity index (χ3n) is 4.33. The largest absolute Gasteiger partial charge is 0.490 e. The molecule has 0 bridgehead atoms. The van der Waals surface area contributed by atoms with Crippen LogP contribution in [0.25, 0.3) is 0 Å². The van der Waals surface area contributed by atoms with Crippen molar-refractivity contribution < 1.29 is 14.3 Å². The van der Waals surface area contributed by atoms with Crippen LogP contribution in [0.1, 0.15) is 44.9 Å². The number of hydrogen-bond acceptors (Lipinski definition) is 5. The van der Waals surface area contributed by atoms with Gasteiger partial charge in [-0.15, -0.1) is 0 Å². The predicted octanol–water partition coefficient (Wildman–Crippen LogP) is 2.51. The fourth-order valence-electron chi connectivity index (χ4n) is 3.11. The minimum Gasteiger partial charge on any atom is -0.490 e. The molecule has 2 aliphatic heterocycles. The van der Waals surface area contributed by atoms with Crippen LogP contribution < -0.4 is 10.1 Å². The van der Waals surface area contributed by atoms with Gasteiger partial charge in [-0.2, -0.15) is 0 Å². The van der Waals surface area contributed by atoms with Gasteiger partial charge in [0.05, 0.1) is 0 Å². The van der Waals surface area contributed by atoms with Crippen molar-refractivity contribution in [3.05, 3.63) is 23.5 Å². The summed E-state index contributed by atoms with van der Waals surface area (Å²) >= 11 is 0. The van der Waals surface area contributed by atoms with Crippen molar-refractivity contribution in [1.82, 2.24) is 15.2 Å². The Morgan fingerprint density at radius 3 is 2.79 bits per heavy atom. The minimum absolute atomic E-state index is 0.136. The van der Waals surface area contributed by atoms with Crippen molar-refractivity contribution in [3.63, 3.8) is 0 Å². The number of carbonyl (C=O) groups excluding carboxylic acids is 1. The van der Waals surface area contributed by atoms with Crippen LogP contribution in [0, 0.1) is 0 Å². The van der Waals surface area contributed by atoms with Crippen LogP contribution in [0.3, 0.4) is 0 Å². The van der Waals surface area contributed by atoms with Gasteiger partial charge in [-0.3, -0.25) is 4.98 Å². The fraction of sp³-hybridized carbons (Fsp3) is 0.667. The molecule has 0 atom stereocenters. The number of nitrogens with one attached hydrogen (secondary N) is 1. The third kappa shape index (κ3) is 4.17. The standard InChI is InChI=1S/C18H27N3O3/c1-18(2,3)24-17(22)21-10-6-13(7-11-21)23-16-5-9-20-15-4-8-19-12-14(15)16/h5,9,13,19H,4,6-8,10-12H2,1-3H3. The molecule has 0 aliphatic carbocycles. The Bertz CT molecular complexity index is 590. The first-order valence-corrected chi connectivity index (χ1v) is 8.74. The summed E-state index contributed by atoms with van der Waals surface area (Å²) in [5, 5.41) is 3.37. The molecule has 1 aromatic rings. The Balaban J connectivity index is 1.56. The van der Waals surface area contributed by atoms with Crippen LogP contribution >= 0.6 is 0 Å². The van der Waals surface area contributed by atoms with E-state index in [1.165, 1.54) is 5.56 Å². The van der Waals surface area contributed by atoms with Crippen LogP contribution in [-0.2, 0) is 17.7 Å². The van der Waals surface area contributed by atoms with Crippen molar-refractivity contribution in [2.24, 2.45) is 0 Å². The molecular formula is C18H27N3O3. The zero-order chi connectivity index (χ0) is 17.2. The number of carbonyl (C=O) groups is 1. The van der Waals surface area contributed by atoms with E-state index in [1.54, 1.807) is 4.90 Å². The predicted molar refractivity (Wildman–Crippen MR) is 91.1 cm³/mol. The lowest BCUT2D eigenvalue weighted by atomic mass is 10.1. The minimum atomic E-state index is -0.451. The monoisotopic (exact) mass is 333 g/mol. The van der Waals surface area contributed by atoms with Crippen molar-refractivity contribution in [2.45, 2.75) is 58.3 Å². The molecular weight excluding hydrogens is 306 g/mol. The van der Waals surface area contributed by atoms with Gasteiger partial charge >= 0.3 is 6.09 Å². The number of fused-ring (bicyclic) bond motifs is 1. The van der Waals surface area contributed by atoms with E-state index >= 15 is 0 Å². The van der Waals surface area contributed by atoms with Crippen LogP contribution in [-0.4, -0.2) is 47.3 Å². The molecule has 0 unspecified atom stereocenters. The van der Waals surface area contributed by atoms with E-state index in [2.05, 4.69) is 10.3 Å². The SMILES string of the molecule is CC(C)(C)OC(=O)N1CCC(Oc2ccnc3c2CNCC3)CC1. The zero-order valence-electron chi connectivity index (χ0n) is 14.8. The number of nitrogens with zero attached hydrogens (tertiary/aromatic N) is 2. The number of amides is 1. The maximum atomic E-state index is 12.1. The van der Waals surface area contributed by atoms with E-state index in [9.17, 15) is 4.79 Å². The summed E-state index contributed by atoms with van der Waals surface area (Å²) in [6.07, 6.45) is 4.33. The highest BCUT2D eigenvalue weighted by Gasteiger charge is 2.28. The van der Waals surface area contributed by atoms with Crippen molar-refractivity contribution in [1.29, 1.82) is 0 Å². The zero-order valence-corrected chi connectivity index (χ0v) is 14.8. The number of ether oxygens (including phenoxy) is 2. The van der Waals surface area contributed by atoms with Crippen molar-refractivity contribution >= 4 is 6.09 Å². The highest BCUT2D eigenvalue weighted by atomic mass is 16.6. The molecule has 1 saturated heterocycles. The normalized spacial score (nSPS) is 18.9. The van der Waals surface area contributed by atoms with E-state index in [0.29, 0.717) is 13.1 Å². The van der Waals surface area contributed by atoms with Crippen LogP contribution in [0.15, 0.2) is 12.3 Å². The Labute approximate surface area is 143 Å². The molecule has 3 rings (SSSR count). The number of rotatable bonds is 2. The second-order valence-corrected chi connectivity index (χ2v) is 7.45. The Morgan fingerprint density at radius 2 is 2.08 bits per heavy atom. The molecule has 0 saturated carbocycles. The van der Waals surface area contributed by atoms with Gasteiger partial charge in [-0.25, -0.2) is 4.79 Å². The van der Waals surface area contributed by atoms with Gasteiger partial charge in [0, 0.05) is 62.9 Å². The maximum Gasteiger partial charge on any atom is 0.410 e. The third-order valence-corrected chi connectivity index (χ3v) is 4.33. The first kappa shape index (κ1) is 17.0. The topological polar surface area (TPSA) is 63.7 Å². The molecule has 6 heteroatoms. The van der Waals surface area contributed by atoms with Gasteiger partial charge in [-0.05, 0) is 26.8 Å². The lowest BCUT2D eigenvalue weighted by Crippen LogP contribution is -2.44. The lowest BCUT2D eigenvalue weighted by Gasteiger charge is -2.34. The quantitative estimate of drug-likeness (QED) is 0.901. The number of aromatic nitrogens is 1. The highest BCUT2D eigenvalue weighted by Crippen LogP contribution is 2.27. The molecule has 2 aliphatic rings.